The molecule has 0 bridgehead atoms. The number of nitrogens with one attached hydrogen (secondary N) is 1. The molecule has 1 heterocycles. The van der Waals surface area contributed by atoms with Crippen LogP contribution in [0.15, 0.2) is 24.3 Å². The molecule has 1 aromatic rings. The predicted molar refractivity (Wildman–Crippen MR) is 102 cm³/mol. The SMILES string of the molecule is Cl.Cl.Nc1cccc(C(=O)NCCCCCN2CCCCC2)c1. The Morgan fingerprint density at radius 3 is 2.52 bits per heavy atom. The molecule has 0 atom stereocenters. The highest BCUT2D eigenvalue weighted by molar-refractivity contribution is 5.94. The van der Waals surface area contributed by atoms with Crippen LogP contribution >= 0.6 is 24.8 Å². The van der Waals surface area contributed by atoms with E-state index in [2.05, 4.69) is 10.2 Å². The zero-order valence-electron chi connectivity index (χ0n) is 13.6. The second-order valence-corrected chi connectivity index (χ2v) is 5.84. The standard InChI is InChI=1S/C17H27N3O.2ClH/c18-16-9-7-8-15(14-16)17(21)19-10-3-1-4-11-20-12-5-2-6-13-20;;/h7-9,14H,1-6,10-13,18H2,(H,19,21);2*1H. The van der Waals surface area contributed by atoms with Gasteiger partial charge in [0.25, 0.3) is 5.91 Å². The molecule has 1 fully saturated rings. The lowest BCUT2D eigenvalue weighted by Crippen LogP contribution is -2.30. The summed E-state index contributed by atoms with van der Waals surface area (Å²) in [6, 6.07) is 7.11. The normalized spacial score (nSPS) is 14.4. The van der Waals surface area contributed by atoms with Crippen molar-refractivity contribution >= 4 is 36.4 Å². The molecule has 3 N–H and O–H groups in total. The zero-order chi connectivity index (χ0) is 14.9. The molecule has 6 heteroatoms. The Bertz CT molecular complexity index is 451. The maximum absolute atomic E-state index is 11.9. The molecule has 132 valence electrons. The van der Waals surface area contributed by atoms with Crippen LogP contribution in [0.5, 0.6) is 0 Å². The van der Waals surface area contributed by atoms with E-state index in [0.717, 1.165) is 13.0 Å². The van der Waals surface area contributed by atoms with E-state index >= 15 is 0 Å². The second kappa shape index (κ2) is 12.5. The van der Waals surface area contributed by atoms with E-state index in [-0.39, 0.29) is 30.7 Å². The van der Waals surface area contributed by atoms with Gasteiger partial charge in [0.1, 0.15) is 0 Å². The van der Waals surface area contributed by atoms with Crippen LogP contribution in [-0.4, -0.2) is 37.0 Å². The van der Waals surface area contributed by atoms with Crippen LogP contribution in [0.2, 0.25) is 0 Å². The summed E-state index contributed by atoms with van der Waals surface area (Å²) >= 11 is 0. The van der Waals surface area contributed by atoms with Gasteiger partial charge >= 0.3 is 0 Å². The Kier molecular flexibility index (Phi) is 11.9. The molecule has 1 aliphatic rings. The van der Waals surface area contributed by atoms with E-state index in [1.165, 1.54) is 51.7 Å². The number of carbonyl (C=O) groups excluding carboxylic acids is 1. The van der Waals surface area contributed by atoms with Gasteiger partial charge in [0, 0.05) is 17.8 Å². The summed E-state index contributed by atoms with van der Waals surface area (Å²) in [6.45, 7) is 4.50. The number of carbonyl (C=O) groups is 1. The summed E-state index contributed by atoms with van der Waals surface area (Å²) in [7, 11) is 0. The highest BCUT2D eigenvalue weighted by Gasteiger charge is 2.09. The van der Waals surface area contributed by atoms with Crippen molar-refractivity contribution in [1.82, 2.24) is 10.2 Å². The van der Waals surface area contributed by atoms with Crippen LogP contribution in [0.25, 0.3) is 0 Å². The first kappa shape index (κ1) is 22.0. The zero-order valence-corrected chi connectivity index (χ0v) is 15.3. The van der Waals surface area contributed by atoms with Crippen molar-refractivity contribution in [2.24, 2.45) is 0 Å². The molecule has 1 saturated heterocycles. The quantitative estimate of drug-likeness (QED) is 0.577. The van der Waals surface area contributed by atoms with Gasteiger partial charge in [-0.1, -0.05) is 18.9 Å². The molecule has 1 amide bonds. The van der Waals surface area contributed by atoms with Crippen LogP contribution in [0.3, 0.4) is 0 Å². The van der Waals surface area contributed by atoms with Gasteiger partial charge in [-0.15, -0.1) is 24.8 Å². The highest BCUT2D eigenvalue weighted by Crippen LogP contribution is 2.10. The van der Waals surface area contributed by atoms with E-state index < -0.39 is 0 Å². The van der Waals surface area contributed by atoms with Gasteiger partial charge in [0.05, 0.1) is 0 Å². The summed E-state index contributed by atoms with van der Waals surface area (Å²) in [4.78, 5) is 14.5. The van der Waals surface area contributed by atoms with Gasteiger partial charge in [-0.2, -0.15) is 0 Å². The van der Waals surface area contributed by atoms with Crippen molar-refractivity contribution in [2.45, 2.75) is 38.5 Å². The van der Waals surface area contributed by atoms with Crippen LogP contribution in [0.4, 0.5) is 5.69 Å². The molecule has 0 radical (unpaired) electrons. The molecule has 0 aliphatic carbocycles. The fourth-order valence-electron chi connectivity index (χ4n) is 2.80. The first-order valence-electron chi connectivity index (χ1n) is 8.12. The lowest BCUT2D eigenvalue weighted by atomic mass is 10.1. The number of rotatable bonds is 7. The fraction of sp³-hybridized carbons (Fsp3) is 0.588. The summed E-state index contributed by atoms with van der Waals surface area (Å²) in [5, 5.41) is 2.96. The van der Waals surface area contributed by atoms with Crippen molar-refractivity contribution in [3.63, 3.8) is 0 Å². The Hall–Kier alpha value is -0.970. The maximum Gasteiger partial charge on any atom is 0.251 e. The third-order valence-corrected chi connectivity index (χ3v) is 4.03. The van der Waals surface area contributed by atoms with Crippen molar-refractivity contribution in [2.75, 3.05) is 31.9 Å². The number of hydrogen-bond acceptors (Lipinski definition) is 3. The lowest BCUT2D eigenvalue weighted by molar-refractivity contribution is 0.0953. The van der Waals surface area contributed by atoms with E-state index in [0.29, 0.717) is 11.3 Å². The number of hydrogen-bond donors (Lipinski definition) is 2. The molecular formula is C17H29Cl2N3O. The first-order valence-corrected chi connectivity index (χ1v) is 8.12. The van der Waals surface area contributed by atoms with Gasteiger partial charge in [-0.3, -0.25) is 4.79 Å². The molecule has 1 aliphatic heterocycles. The number of anilines is 1. The summed E-state index contributed by atoms with van der Waals surface area (Å²) < 4.78 is 0. The number of nitrogen functional groups attached to an aromatic ring is 1. The first-order chi connectivity index (χ1) is 10.3. The lowest BCUT2D eigenvalue weighted by Gasteiger charge is -2.26. The van der Waals surface area contributed by atoms with E-state index in [1.807, 2.05) is 6.07 Å². The van der Waals surface area contributed by atoms with Gasteiger partial charge < -0.3 is 16.0 Å². The molecule has 0 saturated carbocycles. The largest absolute Gasteiger partial charge is 0.399 e. The number of piperidine rings is 1. The summed E-state index contributed by atoms with van der Waals surface area (Å²) in [5.74, 6) is -0.0293. The molecule has 0 spiro atoms. The number of likely N-dealkylation sites (tertiary alicyclic amines) is 1. The van der Waals surface area contributed by atoms with Crippen molar-refractivity contribution in [3.8, 4) is 0 Å². The Morgan fingerprint density at radius 1 is 1.09 bits per heavy atom. The van der Waals surface area contributed by atoms with Gasteiger partial charge in [0.2, 0.25) is 0 Å². The Balaban J connectivity index is 0.00000242. The van der Waals surface area contributed by atoms with Crippen LogP contribution in [-0.2, 0) is 0 Å². The molecule has 4 nitrogen and oxygen atoms in total. The monoisotopic (exact) mass is 361 g/mol. The maximum atomic E-state index is 11.9. The Labute approximate surface area is 152 Å². The number of unbranched alkanes of at least 4 members (excludes halogenated alkanes) is 2. The van der Waals surface area contributed by atoms with Crippen molar-refractivity contribution < 1.29 is 4.79 Å². The smallest absolute Gasteiger partial charge is 0.251 e. The van der Waals surface area contributed by atoms with E-state index in [1.54, 1.807) is 18.2 Å². The molecule has 1 aromatic carbocycles. The van der Waals surface area contributed by atoms with Crippen LogP contribution in [0, 0.1) is 0 Å². The molecule has 0 unspecified atom stereocenters. The minimum atomic E-state index is -0.0293. The molecule has 0 aromatic heterocycles. The predicted octanol–water partition coefficient (Wildman–Crippen LogP) is 3.50. The Morgan fingerprint density at radius 2 is 1.83 bits per heavy atom. The van der Waals surface area contributed by atoms with Gasteiger partial charge in [0.15, 0.2) is 0 Å². The topological polar surface area (TPSA) is 58.4 Å². The minimum absolute atomic E-state index is 0. The molecule has 2 rings (SSSR count). The third-order valence-electron chi connectivity index (χ3n) is 4.03. The van der Waals surface area contributed by atoms with Crippen molar-refractivity contribution in [3.05, 3.63) is 29.8 Å². The average molecular weight is 362 g/mol. The number of halogens is 2. The van der Waals surface area contributed by atoms with Crippen LogP contribution in [0.1, 0.15) is 48.9 Å². The number of nitrogens with zero attached hydrogens (tertiary/aromatic N) is 1. The van der Waals surface area contributed by atoms with Gasteiger partial charge in [-0.05, 0) is 63.5 Å². The number of amides is 1. The third kappa shape index (κ3) is 8.45. The van der Waals surface area contributed by atoms with Crippen molar-refractivity contribution in [1.29, 1.82) is 0 Å². The number of nitrogens with two attached hydrogens (primary N) is 1. The van der Waals surface area contributed by atoms with Crippen LogP contribution < -0.4 is 11.1 Å². The number of benzene rings is 1. The van der Waals surface area contributed by atoms with Gasteiger partial charge in [-0.25, -0.2) is 0 Å². The molecule has 23 heavy (non-hydrogen) atoms. The summed E-state index contributed by atoms with van der Waals surface area (Å²) in [6.07, 6.45) is 7.56. The average Bonchev–Trinajstić information content (AvgIpc) is 2.51. The van der Waals surface area contributed by atoms with E-state index in [4.69, 9.17) is 5.73 Å². The second-order valence-electron chi connectivity index (χ2n) is 5.84. The highest BCUT2D eigenvalue weighted by atomic mass is 35.5. The molecular weight excluding hydrogens is 333 g/mol. The summed E-state index contributed by atoms with van der Waals surface area (Å²) in [5.41, 5.74) is 6.95. The minimum Gasteiger partial charge on any atom is -0.399 e. The fourth-order valence-corrected chi connectivity index (χ4v) is 2.80. The van der Waals surface area contributed by atoms with E-state index in [9.17, 15) is 4.79 Å².